The van der Waals surface area contributed by atoms with Gasteiger partial charge in [0.25, 0.3) is 11.8 Å². The molecule has 4 fully saturated rings. The predicted molar refractivity (Wildman–Crippen MR) is 296 cm³/mol. The first-order chi connectivity index (χ1) is 36.9. The molecule has 5 amide bonds. The Morgan fingerprint density at radius 1 is 0.618 bits per heavy atom. The first-order valence-corrected chi connectivity index (χ1v) is 28.4. The Balaban J connectivity index is 1.01. The lowest BCUT2D eigenvalue weighted by Crippen LogP contribution is -2.56. The zero-order chi connectivity index (χ0) is 53.6. The summed E-state index contributed by atoms with van der Waals surface area (Å²) in [7, 11) is 1.77. The van der Waals surface area contributed by atoms with Crippen molar-refractivity contribution < 1.29 is 38.2 Å². The van der Waals surface area contributed by atoms with Gasteiger partial charge in [0.05, 0.1) is 6.04 Å². The monoisotopic (exact) mass is 1040 g/mol. The lowest BCUT2D eigenvalue weighted by molar-refractivity contribution is -0.142. The van der Waals surface area contributed by atoms with Crippen molar-refractivity contribution in [1.29, 1.82) is 0 Å². The molecule has 8 rings (SSSR count). The summed E-state index contributed by atoms with van der Waals surface area (Å²) in [4.78, 5) is 93.4. The summed E-state index contributed by atoms with van der Waals surface area (Å²) >= 11 is 0. The fraction of sp³-hybridized carbons (Fsp3) is 0.548. The Morgan fingerprint density at radius 2 is 1.09 bits per heavy atom. The molecule has 6 atom stereocenters. The number of amides is 5. The molecule has 4 aromatic carbocycles. The maximum Gasteiger partial charge on any atom is 0.253 e. The van der Waals surface area contributed by atoms with Crippen molar-refractivity contribution in [2.24, 2.45) is 23.7 Å². The molecule has 14 nitrogen and oxygen atoms in total. The predicted octanol–water partition coefficient (Wildman–Crippen LogP) is 7.76. The van der Waals surface area contributed by atoms with Gasteiger partial charge in [-0.15, -0.1) is 0 Å². The van der Waals surface area contributed by atoms with Crippen LogP contribution in [-0.2, 0) is 41.5 Å². The first-order valence-electron chi connectivity index (χ1n) is 28.4. The minimum absolute atomic E-state index is 0.00644. The van der Waals surface area contributed by atoms with Gasteiger partial charge in [-0.3, -0.25) is 28.8 Å². The van der Waals surface area contributed by atoms with Gasteiger partial charge in [-0.1, -0.05) is 86.6 Å². The third kappa shape index (κ3) is 14.3. The smallest absolute Gasteiger partial charge is 0.253 e. The maximum absolute atomic E-state index is 14.9. The van der Waals surface area contributed by atoms with Crippen LogP contribution in [0.4, 0.5) is 0 Å². The van der Waals surface area contributed by atoms with E-state index >= 15 is 0 Å². The van der Waals surface area contributed by atoms with E-state index in [1.165, 1.54) is 0 Å². The van der Waals surface area contributed by atoms with Gasteiger partial charge in [-0.05, 0) is 143 Å². The van der Waals surface area contributed by atoms with Crippen LogP contribution in [0.25, 0.3) is 10.8 Å². The van der Waals surface area contributed by atoms with Gasteiger partial charge in [-0.2, -0.15) is 0 Å². The van der Waals surface area contributed by atoms with Crippen LogP contribution in [0, 0.1) is 23.7 Å². The topological polar surface area (TPSA) is 158 Å². The number of rotatable bonds is 23. The van der Waals surface area contributed by atoms with E-state index in [-0.39, 0.29) is 77.6 Å². The SMILES string of the molecule is CC[C@@H](C)C(=O)N[C@H](C(=O)N1CCC[C@H]1CN(CCc1ccccc1)C(=O)c1ccc2cc(C(=O)N(CCc3ccccc3)C[C@@H]3CCCN3C(=O)[C@@H](CC(=O)[C@H](C)NC)C3CCOCC3)ccc2c1)C1CCOCC1. The summed E-state index contributed by atoms with van der Waals surface area (Å²) in [5, 5.41) is 7.86. The van der Waals surface area contributed by atoms with E-state index < -0.39 is 12.0 Å². The number of Topliss-reactive ketones (excluding diaryl/α,β-unsaturated/α-hetero) is 1. The number of hydrogen-bond acceptors (Lipinski definition) is 9. The number of carbonyl (C=O) groups is 6. The average Bonchev–Trinajstić information content (AvgIpc) is 4.15. The van der Waals surface area contributed by atoms with Crippen LogP contribution in [0.5, 0.6) is 0 Å². The van der Waals surface area contributed by atoms with E-state index in [2.05, 4.69) is 34.9 Å². The lowest BCUT2D eigenvalue weighted by atomic mass is 9.81. The molecule has 4 aliphatic heterocycles. The Hall–Kier alpha value is -5.96. The lowest BCUT2D eigenvalue weighted by Gasteiger charge is -2.37. The van der Waals surface area contributed by atoms with Gasteiger partial charge in [0, 0.05) is 107 Å². The van der Waals surface area contributed by atoms with Crippen LogP contribution in [0.1, 0.15) is 117 Å². The van der Waals surface area contributed by atoms with Crippen LogP contribution < -0.4 is 10.6 Å². The Kier molecular flexibility index (Phi) is 20.3. The highest BCUT2D eigenvalue weighted by Gasteiger charge is 2.42. The van der Waals surface area contributed by atoms with E-state index in [0.717, 1.165) is 60.4 Å². The van der Waals surface area contributed by atoms with E-state index in [9.17, 15) is 28.8 Å². The number of benzene rings is 4. The van der Waals surface area contributed by atoms with E-state index in [0.29, 0.717) is 109 Å². The number of nitrogens with one attached hydrogen (secondary N) is 2. The largest absolute Gasteiger partial charge is 0.381 e. The molecule has 408 valence electrons. The van der Waals surface area contributed by atoms with E-state index in [1.54, 1.807) is 7.05 Å². The Morgan fingerprint density at radius 3 is 1.57 bits per heavy atom. The molecule has 0 saturated carbocycles. The number of carbonyl (C=O) groups excluding carboxylic acids is 6. The quantitative estimate of drug-likeness (QED) is 0.0758. The zero-order valence-corrected chi connectivity index (χ0v) is 45.5. The minimum Gasteiger partial charge on any atom is -0.381 e. The number of likely N-dealkylation sites (N-methyl/N-ethyl adjacent to an activating group) is 1. The molecule has 4 heterocycles. The van der Waals surface area contributed by atoms with Crippen LogP contribution in [0.3, 0.4) is 0 Å². The van der Waals surface area contributed by atoms with Crippen molar-refractivity contribution in [2.75, 3.05) is 72.7 Å². The van der Waals surface area contributed by atoms with Crippen molar-refractivity contribution in [3.05, 3.63) is 119 Å². The second kappa shape index (κ2) is 27.4. The highest BCUT2D eigenvalue weighted by molar-refractivity contribution is 6.02. The van der Waals surface area contributed by atoms with Gasteiger partial charge in [0.15, 0.2) is 0 Å². The summed E-state index contributed by atoms with van der Waals surface area (Å²) in [5.41, 5.74) is 3.27. The van der Waals surface area contributed by atoms with Crippen molar-refractivity contribution in [3.8, 4) is 0 Å². The number of ether oxygens (including phenoxy) is 2. The normalized spacial score (nSPS) is 19.9. The Labute approximate surface area is 450 Å². The second-order valence-corrected chi connectivity index (χ2v) is 21.9. The average molecular weight is 1040 g/mol. The summed E-state index contributed by atoms with van der Waals surface area (Å²) in [6.45, 7) is 10.8. The molecular formula is C62H82N6O8. The van der Waals surface area contributed by atoms with Crippen molar-refractivity contribution in [1.82, 2.24) is 30.2 Å². The summed E-state index contributed by atoms with van der Waals surface area (Å²) in [6.07, 6.45) is 8.17. The number of nitrogens with zero attached hydrogens (tertiary/aromatic N) is 4. The molecule has 4 aromatic rings. The molecule has 76 heavy (non-hydrogen) atoms. The summed E-state index contributed by atoms with van der Waals surface area (Å²) < 4.78 is 11.3. The van der Waals surface area contributed by atoms with Crippen LogP contribution in [-0.4, -0.2) is 152 Å². The molecule has 0 aliphatic carbocycles. The molecule has 0 unspecified atom stereocenters. The standard InChI is InChI=1S/C62H82N6O8/c1-5-43(2)58(70)64-57(48-28-36-76-37-29-48)62(74)68-31-13-19-54(68)42-66(33-25-46-16-10-7-11-17-46)60(72)52-23-21-49-38-51(22-20-50(49)39-52)59(71)65(32-24-45-14-8-6-9-15-45)41-53-18-12-30-67(53)61(73)55(40-56(69)44(3)63-4)47-26-34-75-35-27-47/h6-11,14-17,20-23,38-39,43-44,47-48,53-55,57,63H,5,12-13,18-19,24-37,40-42H2,1-4H3,(H,64,70)/t43-,44+,53+,54+,55+,57+/m1/s1. The van der Waals surface area contributed by atoms with Gasteiger partial charge in [0.2, 0.25) is 17.7 Å². The van der Waals surface area contributed by atoms with Crippen LogP contribution >= 0.6 is 0 Å². The molecule has 2 N–H and O–H groups in total. The maximum atomic E-state index is 14.9. The second-order valence-electron chi connectivity index (χ2n) is 21.9. The fourth-order valence-electron chi connectivity index (χ4n) is 11.8. The third-order valence-corrected chi connectivity index (χ3v) is 17.0. The Bertz CT molecular complexity index is 2410. The van der Waals surface area contributed by atoms with Crippen molar-refractivity contribution in [3.63, 3.8) is 0 Å². The van der Waals surface area contributed by atoms with Gasteiger partial charge >= 0.3 is 0 Å². The number of fused-ring (bicyclic) bond motifs is 1. The van der Waals surface area contributed by atoms with E-state index in [4.69, 9.17) is 9.47 Å². The molecular weight excluding hydrogens is 957 g/mol. The molecule has 0 spiro atoms. The van der Waals surface area contributed by atoms with Crippen LogP contribution in [0.15, 0.2) is 97.1 Å². The minimum atomic E-state index is -0.648. The number of ketones is 1. The third-order valence-electron chi connectivity index (χ3n) is 17.0. The van der Waals surface area contributed by atoms with Gasteiger partial charge in [0.1, 0.15) is 11.8 Å². The van der Waals surface area contributed by atoms with E-state index in [1.807, 2.05) is 113 Å². The van der Waals surface area contributed by atoms with Gasteiger partial charge < -0.3 is 39.7 Å². The molecule has 4 aliphatic rings. The molecule has 0 bridgehead atoms. The summed E-state index contributed by atoms with van der Waals surface area (Å²) in [6, 6.07) is 30.1. The highest BCUT2D eigenvalue weighted by atomic mass is 16.5. The number of likely N-dealkylation sites (tertiary alicyclic amines) is 2. The summed E-state index contributed by atoms with van der Waals surface area (Å²) in [5.74, 6) is -1.03. The fourth-order valence-corrected chi connectivity index (χ4v) is 11.8. The first kappa shape index (κ1) is 56.2. The molecule has 4 saturated heterocycles. The van der Waals surface area contributed by atoms with Crippen molar-refractivity contribution in [2.45, 2.75) is 122 Å². The molecule has 0 aromatic heterocycles. The molecule has 14 heteroatoms. The van der Waals surface area contributed by atoms with Gasteiger partial charge in [-0.25, -0.2) is 0 Å². The highest BCUT2D eigenvalue weighted by Crippen LogP contribution is 2.33. The van der Waals surface area contributed by atoms with Crippen molar-refractivity contribution >= 4 is 46.1 Å². The molecule has 0 radical (unpaired) electrons. The van der Waals surface area contributed by atoms with Crippen LogP contribution in [0.2, 0.25) is 0 Å². The zero-order valence-electron chi connectivity index (χ0n) is 45.5. The number of hydrogen-bond donors (Lipinski definition) is 2.